The van der Waals surface area contributed by atoms with Crippen LogP contribution in [0.3, 0.4) is 0 Å². The van der Waals surface area contributed by atoms with Gasteiger partial charge < -0.3 is 13.9 Å². The fraction of sp³-hybridized carbons (Fsp3) is 0.0588. The highest BCUT2D eigenvalue weighted by atomic mass is 127. The lowest BCUT2D eigenvalue weighted by Gasteiger charge is -2.09. The predicted octanol–water partition coefficient (Wildman–Crippen LogP) is 4.40. The number of halogens is 2. The van der Waals surface area contributed by atoms with Gasteiger partial charge in [0, 0.05) is 0 Å². The zero-order chi connectivity index (χ0) is 17.1. The summed E-state index contributed by atoms with van der Waals surface area (Å²) >= 11 is 4.39. The number of esters is 1. The number of rotatable bonds is 5. The number of cyclic esters (lactones) is 1. The lowest BCUT2D eigenvalue weighted by Crippen LogP contribution is -2.04. The number of furan rings is 1. The quantitative estimate of drug-likeness (QED) is 0.241. The first kappa shape index (κ1) is 17.2. The van der Waals surface area contributed by atoms with Gasteiger partial charge in [0.2, 0.25) is 0 Å². The summed E-state index contributed by atoms with van der Waals surface area (Å²) in [6, 6.07) is 7.23. The highest BCUT2D eigenvalue weighted by Crippen LogP contribution is 2.30. The first-order chi connectivity index (χ1) is 11.6. The van der Waals surface area contributed by atoms with Crippen LogP contribution in [0.4, 0.5) is 0 Å². The average molecular weight is 547 g/mol. The number of nitrogens with zero attached hydrogens (tertiary/aromatic N) is 1. The van der Waals surface area contributed by atoms with Gasteiger partial charge in [0.1, 0.15) is 12.4 Å². The minimum absolute atomic E-state index is 0.173. The Balaban J connectivity index is 1.91. The molecule has 0 amide bonds. The van der Waals surface area contributed by atoms with Crippen LogP contribution in [0.2, 0.25) is 0 Å². The van der Waals surface area contributed by atoms with Crippen molar-refractivity contribution < 1.29 is 18.7 Å². The molecular formula is C17H11I2NO4. The molecule has 0 spiro atoms. The van der Waals surface area contributed by atoms with Crippen molar-refractivity contribution in [1.29, 1.82) is 0 Å². The van der Waals surface area contributed by atoms with Crippen molar-refractivity contribution in [2.24, 2.45) is 4.99 Å². The summed E-state index contributed by atoms with van der Waals surface area (Å²) in [5.74, 6) is 0.890. The molecule has 1 aliphatic rings. The molecule has 2 aromatic rings. The molecule has 1 aliphatic heterocycles. The summed E-state index contributed by atoms with van der Waals surface area (Å²) < 4.78 is 17.9. The average Bonchev–Trinajstić information content (AvgIpc) is 3.17. The molecule has 0 saturated heterocycles. The van der Waals surface area contributed by atoms with Gasteiger partial charge in [-0.2, -0.15) is 0 Å². The van der Waals surface area contributed by atoms with Crippen LogP contribution in [0.5, 0.6) is 5.75 Å². The molecule has 0 N–H and O–H groups in total. The Morgan fingerprint density at radius 3 is 2.67 bits per heavy atom. The van der Waals surface area contributed by atoms with E-state index in [-0.39, 0.29) is 11.6 Å². The second-order valence-electron chi connectivity index (χ2n) is 4.73. The molecular weight excluding hydrogens is 536 g/mol. The summed E-state index contributed by atoms with van der Waals surface area (Å²) in [5, 5.41) is 0. The van der Waals surface area contributed by atoms with Gasteiger partial charge in [-0.25, -0.2) is 9.79 Å². The molecule has 0 unspecified atom stereocenters. The van der Waals surface area contributed by atoms with Crippen molar-refractivity contribution in [3.63, 3.8) is 0 Å². The Morgan fingerprint density at radius 1 is 1.29 bits per heavy atom. The van der Waals surface area contributed by atoms with E-state index in [9.17, 15) is 4.79 Å². The number of hydrogen-bond donors (Lipinski definition) is 0. The van der Waals surface area contributed by atoms with Crippen LogP contribution in [-0.2, 0) is 9.53 Å². The predicted molar refractivity (Wildman–Crippen MR) is 107 cm³/mol. The summed E-state index contributed by atoms with van der Waals surface area (Å²) in [6.07, 6.45) is 4.88. The first-order valence-corrected chi connectivity index (χ1v) is 9.03. The number of benzene rings is 1. The van der Waals surface area contributed by atoms with E-state index in [0.29, 0.717) is 12.4 Å². The third-order valence-electron chi connectivity index (χ3n) is 3.02. The van der Waals surface area contributed by atoms with Gasteiger partial charge in [-0.05, 0) is 81.1 Å². The minimum atomic E-state index is -0.501. The third kappa shape index (κ3) is 3.72. The van der Waals surface area contributed by atoms with E-state index in [1.165, 1.54) is 6.26 Å². The molecule has 0 bridgehead atoms. The van der Waals surface area contributed by atoms with Crippen LogP contribution >= 0.6 is 45.2 Å². The Labute approximate surface area is 165 Å². The zero-order valence-electron chi connectivity index (χ0n) is 12.3. The number of hydrogen-bond acceptors (Lipinski definition) is 5. The maximum absolute atomic E-state index is 12.0. The number of aliphatic imine (C=N–C) groups is 1. The Kier molecular flexibility index (Phi) is 5.39. The van der Waals surface area contributed by atoms with Crippen LogP contribution in [-0.4, -0.2) is 18.5 Å². The number of carbonyl (C=O) groups is 1. The van der Waals surface area contributed by atoms with Gasteiger partial charge >= 0.3 is 5.97 Å². The SMILES string of the molecule is C=CCOc1c(I)cc(/C=C2\N=C(c3ccco3)OC2=O)cc1I. The summed E-state index contributed by atoms with van der Waals surface area (Å²) in [7, 11) is 0. The molecule has 7 heteroatoms. The second-order valence-corrected chi connectivity index (χ2v) is 7.05. The Hall–Kier alpha value is -1.62. The standard InChI is InChI=1S/C17H11I2NO4/c1-2-5-23-15-11(18)7-10(8-12(15)19)9-13-17(21)24-16(20-13)14-4-3-6-22-14/h2-4,6-9H,1,5H2/b13-9-. The lowest BCUT2D eigenvalue weighted by atomic mass is 10.2. The van der Waals surface area contributed by atoms with Crippen LogP contribution in [0.1, 0.15) is 11.3 Å². The Morgan fingerprint density at radius 2 is 2.04 bits per heavy atom. The van der Waals surface area contributed by atoms with Crippen LogP contribution < -0.4 is 4.74 Å². The molecule has 122 valence electrons. The van der Waals surface area contributed by atoms with Crippen molar-refractivity contribution in [3.8, 4) is 5.75 Å². The van der Waals surface area contributed by atoms with Crippen molar-refractivity contribution in [2.45, 2.75) is 0 Å². The fourth-order valence-corrected chi connectivity index (χ4v) is 4.14. The van der Waals surface area contributed by atoms with Gasteiger partial charge in [-0.1, -0.05) is 12.7 Å². The highest BCUT2D eigenvalue weighted by Gasteiger charge is 2.25. The molecule has 5 nitrogen and oxygen atoms in total. The molecule has 0 aliphatic carbocycles. The van der Waals surface area contributed by atoms with Crippen molar-refractivity contribution in [2.75, 3.05) is 6.61 Å². The summed E-state index contributed by atoms with van der Waals surface area (Å²) in [6.45, 7) is 4.08. The van der Waals surface area contributed by atoms with Gasteiger partial charge in [0.05, 0.1) is 13.4 Å². The molecule has 0 saturated carbocycles. The normalized spacial score (nSPS) is 15.3. The van der Waals surface area contributed by atoms with E-state index in [4.69, 9.17) is 13.9 Å². The van der Waals surface area contributed by atoms with Crippen molar-refractivity contribution in [3.05, 3.63) is 67.3 Å². The zero-order valence-corrected chi connectivity index (χ0v) is 16.6. The lowest BCUT2D eigenvalue weighted by molar-refractivity contribution is -0.130. The topological polar surface area (TPSA) is 61.0 Å². The molecule has 3 rings (SSSR count). The third-order valence-corrected chi connectivity index (χ3v) is 4.62. The first-order valence-electron chi connectivity index (χ1n) is 6.87. The number of carbonyl (C=O) groups excluding carboxylic acids is 1. The summed E-state index contributed by atoms with van der Waals surface area (Å²) in [4.78, 5) is 16.2. The maximum atomic E-state index is 12.0. The molecule has 0 radical (unpaired) electrons. The van der Waals surface area contributed by atoms with E-state index >= 15 is 0 Å². The van der Waals surface area contributed by atoms with Gasteiger partial charge in [0.15, 0.2) is 11.5 Å². The molecule has 24 heavy (non-hydrogen) atoms. The molecule has 0 atom stereocenters. The monoisotopic (exact) mass is 547 g/mol. The highest BCUT2D eigenvalue weighted by molar-refractivity contribution is 14.1. The second kappa shape index (κ2) is 7.51. The largest absolute Gasteiger partial charge is 0.487 e. The molecule has 1 aromatic carbocycles. The van der Waals surface area contributed by atoms with E-state index in [2.05, 4.69) is 56.8 Å². The van der Waals surface area contributed by atoms with E-state index in [1.807, 2.05) is 12.1 Å². The van der Waals surface area contributed by atoms with Gasteiger partial charge in [-0.15, -0.1) is 0 Å². The van der Waals surface area contributed by atoms with E-state index < -0.39 is 5.97 Å². The Bertz CT molecular complexity index is 830. The fourth-order valence-electron chi connectivity index (χ4n) is 2.02. The number of ether oxygens (including phenoxy) is 2. The van der Waals surface area contributed by atoms with Gasteiger partial charge in [0.25, 0.3) is 5.90 Å². The van der Waals surface area contributed by atoms with Crippen LogP contribution in [0.25, 0.3) is 6.08 Å². The maximum Gasteiger partial charge on any atom is 0.363 e. The van der Waals surface area contributed by atoms with Crippen molar-refractivity contribution >= 4 is 63.1 Å². The summed E-state index contributed by atoms with van der Waals surface area (Å²) in [5.41, 5.74) is 1.07. The van der Waals surface area contributed by atoms with Crippen molar-refractivity contribution in [1.82, 2.24) is 0 Å². The van der Waals surface area contributed by atoms with E-state index in [0.717, 1.165) is 18.5 Å². The molecule has 0 fully saturated rings. The molecule has 1 aromatic heterocycles. The van der Waals surface area contributed by atoms with E-state index in [1.54, 1.807) is 24.3 Å². The smallest absolute Gasteiger partial charge is 0.363 e. The van der Waals surface area contributed by atoms with Crippen LogP contribution in [0.15, 0.2) is 58.3 Å². The molecule has 2 heterocycles. The van der Waals surface area contributed by atoms with Crippen LogP contribution in [0, 0.1) is 7.14 Å². The van der Waals surface area contributed by atoms with Gasteiger partial charge in [-0.3, -0.25) is 0 Å². The minimum Gasteiger partial charge on any atom is -0.487 e.